The van der Waals surface area contributed by atoms with Gasteiger partial charge in [0.15, 0.2) is 0 Å². The zero-order valence-corrected chi connectivity index (χ0v) is 9.42. The third kappa shape index (κ3) is 4.14. The van der Waals surface area contributed by atoms with E-state index < -0.39 is 0 Å². The number of benzene rings is 1. The predicted octanol–water partition coefficient (Wildman–Crippen LogP) is 0.692. The van der Waals surface area contributed by atoms with Crippen LogP contribution in [0.4, 0.5) is 0 Å². The number of allylic oxidation sites excluding steroid dienone is 1. The van der Waals surface area contributed by atoms with Gasteiger partial charge in [0.05, 0.1) is 0 Å². The van der Waals surface area contributed by atoms with E-state index in [2.05, 4.69) is 42.1 Å². The molecule has 1 fully saturated rings. The summed E-state index contributed by atoms with van der Waals surface area (Å²) in [4.78, 5) is 0. The molecule has 0 radical (unpaired) electrons. The summed E-state index contributed by atoms with van der Waals surface area (Å²) in [5.74, 6) is 0. The quantitative estimate of drug-likeness (QED) is 0.374. The molecule has 0 aliphatic heterocycles. The smallest absolute Gasteiger partial charge is 0.332 e. The normalized spacial score (nSPS) is 13.5. The molecule has 1 saturated carbocycles. The van der Waals surface area contributed by atoms with Crippen molar-refractivity contribution >= 4 is 0 Å². The molecule has 1 aliphatic rings. The Labute approximate surface area is 104 Å². The van der Waals surface area contributed by atoms with Crippen LogP contribution in [-0.2, 0) is 6.42 Å². The zero-order valence-electron chi connectivity index (χ0n) is 9.42. The number of aryl methyl sites for hydroxylation is 1. The number of hydrogen-bond donors (Lipinski definition) is 0. The fraction of sp³-hybridized carbons (Fsp3) is 0.357. The average Bonchev–Trinajstić information content (AvgIpc) is 2.16. The van der Waals surface area contributed by atoms with Crippen molar-refractivity contribution in [3.8, 4) is 0 Å². The van der Waals surface area contributed by atoms with Crippen molar-refractivity contribution in [3.63, 3.8) is 0 Å². The van der Waals surface area contributed by atoms with Crippen LogP contribution < -0.4 is 18.9 Å². The molecular weight excluding hydrogens is 175 g/mol. The third-order valence-corrected chi connectivity index (χ3v) is 2.60. The van der Waals surface area contributed by atoms with Gasteiger partial charge in [-0.3, -0.25) is 0 Å². The molecule has 15 heavy (non-hydrogen) atoms. The molecule has 0 N–H and O–H groups in total. The standard InChI is InChI=1S/C14H15.Li/c1-2-7-13(8-3-1)9-4-5-10-14-11-6-12-14;/h1-3,7-8H,4,6,9,11-12H2;/q-1;+1. The molecule has 1 heteroatoms. The van der Waals surface area contributed by atoms with Crippen molar-refractivity contribution in [2.45, 2.75) is 32.1 Å². The van der Waals surface area contributed by atoms with E-state index in [4.69, 9.17) is 0 Å². The molecule has 0 heterocycles. The van der Waals surface area contributed by atoms with Gasteiger partial charge < -0.3 is 5.73 Å². The Bertz CT molecular complexity index is 339. The van der Waals surface area contributed by atoms with Gasteiger partial charge in [-0.25, -0.2) is 6.08 Å². The van der Waals surface area contributed by atoms with Gasteiger partial charge in [0.25, 0.3) is 0 Å². The van der Waals surface area contributed by atoms with Gasteiger partial charge in [0.1, 0.15) is 0 Å². The van der Waals surface area contributed by atoms with Crippen LogP contribution in [0.15, 0.2) is 41.6 Å². The van der Waals surface area contributed by atoms with E-state index in [1.807, 2.05) is 0 Å². The monoisotopic (exact) mass is 190 g/mol. The third-order valence-electron chi connectivity index (χ3n) is 2.60. The van der Waals surface area contributed by atoms with Gasteiger partial charge >= 0.3 is 18.9 Å². The molecule has 0 amide bonds. The summed E-state index contributed by atoms with van der Waals surface area (Å²) in [5.41, 5.74) is 6.10. The minimum Gasteiger partial charge on any atom is -0.332 e. The molecule has 0 saturated heterocycles. The van der Waals surface area contributed by atoms with Crippen LogP contribution in [0.2, 0.25) is 0 Å². The summed E-state index contributed by atoms with van der Waals surface area (Å²) in [7, 11) is 0. The van der Waals surface area contributed by atoms with E-state index in [-0.39, 0.29) is 18.9 Å². The SMILES string of the molecule is C(=[C-]CCc1ccccc1)=C1CCC1.[Li+]. The van der Waals surface area contributed by atoms with Crippen LogP contribution in [0.1, 0.15) is 31.2 Å². The van der Waals surface area contributed by atoms with Crippen LogP contribution in [0, 0.1) is 6.08 Å². The first kappa shape index (κ1) is 12.4. The maximum Gasteiger partial charge on any atom is 1.00 e. The summed E-state index contributed by atoms with van der Waals surface area (Å²) < 4.78 is 0. The molecule has 0 nitrogen and oxygen atoms in total. The Balaban J connectivity index is 0.00000112. The van der Waals surface area contributed by atoms with Gasteiger partial charge in [-0.1, -0.05) is 56.0 Å². The molecule has 1 aromatic carbocycles. The van der Waals surface area contributed by atoms with Crippen LogP contribution in [0.5, 0.6) is 0 Å². The molecular formula is C14H15Li. The van der Waals surface area contributed by atoms with E-state index >= 15 is 0 Å². The van der Waals surface area contributed by atoms with Crippen LogP contribution in [0.3, 0.4) is 0 Å². The Morgan fingerprint density at radius 1 is 1.13 bits per heavy atom. The van der Waals surface area contributed by atoms with Crippen molar-refractivity contribution < 1.29 is 18.9 Å². The Morgan fingerprint density at radius 2 is 1.87 bits per heavy atom. The van der Waals surface area contributed by atoms with Gasteiger partial charge in [0, 0.05) is 0 Å². The van der Waals surface area contributed by atoms with Crippen molar-refractivity contribution in [1.29, 1.82) is 0 Å². The van der Waals surface area contributed by atoms with Gasteiger partial charge in [0.2, 0.25) is 0 Å². The van der Waals surface area contributed by atoms with E-state index in [0.29, 0.717) is 0 Å². The first-order chi connectivity index (χ1) is 6.95. The largest absolute Gasteiger partial charge is 1.00 e. The second-order valence-corrected chi connectivity index (χ2v) is 3.74. The first-order valence-electron chi connectivity index (χ1n) is 5.32. The van der Waals surface area contributed by atoms with E-state index in [0.717, 1.165) is 12.8 Å². The molecule has 0 aromatic heterocycles. The summed E-state index contributed by atoms with van der Waals surface area (Å²) in [6.45, 7) is 0. The molecule has 1 aliphatic carbocycles. The predicted molar refractivity (Wildman–Crippen MR) is 58.9 cm³/mol. The maximum absolute atomic E-state index is 3.26. The van der Waals surface area contributed by atoms with Crippen molar-refractivity contribution in [2.24, 2.45) is 0 Å². The summed E-state index contributed by atoms with van der Waals surface area (Å²) in [6, 6.07) is 10.6. The Morgan fingerprint density at radius 3 is 2.47 bits per heavy atom. The van der Waals surface area contributed by atoms with Crippen molar-refractivity contribution in [3.05, 3.63) is 53.3 Å². The van der Waals surface area contributed by atoms with Gasteiger partial charge in [-0.05, 0) is 12.0 Å². The summed E-state index contributed by atoms with van der Waals surface area (Å²) in [5, 5.41) is 0. The maximum atomic E-state index is 3.26. The minimum atomic E-state index is 0. The average molecular weight is 190 g/mol. The van der Waals surface area contributed by atoms with Crippen LogP contribution >= 0.6 is 0 Å². The Kier molecular flexibility index (Phi) is 5.59. The van der Waals surface area contributed by atoms with Gasteiger partial charge in [-0.15, -0.1) is 0 Å². The zero-order chi connectivity index (χ0) is 9.64. The van der Waals surface area contributed by atoms with Crippen molar-refractivity contribution in [2.75, 3.05) is 0 Å². The molecule has 72 valence electrons. The van der Waals surface area contributed by atoms with Gasteiger partial charge in [-0.2, -0.15) is 5.57 Å². The first-order valence-corrected chi connectivity index (χ1v) is 5.32. The molecule has 0 unspecified atom stereocenters. The topological polar surface area (TPSA) is 0 Å². The van der Waals surface area contributed by atoms with E-state index in [1.54, 1.807) is 0 Å². The number of rotatable bonds is 3. The minimum absolute atomic E-state index is 0. The fourth-order valence-electron chi connectivity index (χ4n) is 1.52. The second-order valence-electron chi connectivity index (χ2n) is 3.74. The number of hydrogen-bond acceptors (Lipinski definition) is 0. The molecule has 0 bridgehead atoms. The summed E-state index contributed by atoms with van der Waals surface area (Å²) in [6.07, 6.45) is 9.17. The summed E-state index contributed by atoms with van der Waals surface area (Å²) >= 11 is 0. The molecule has 0 atom stereocenters. The van der Waals surface area contributed by atoms with E-state index in [1.165, 1.54) is 30.4 Å². The van der Waals surface area contributed by atoms with Crippen molar-refractivity contribution in [1.82, 2.24) is 0 Å². The molecule has 2 rings (SSSR count). The molecule has 1 aromatic rings. The molecule has 0 spiro atoms. The second kappa shape index (κ2) is 6.75. The van der Waals surface area contributed by atoms with Crippen LogP contribution in [0.25, 0.3) is 0 Å². The fourth-order valence-corrected chi connectivity index (χ4v) is 1.52. The van der Waals surface area contributed by atoms with Crippen LogP contribution in [-0.4, -0.2) is 0 Å². The van der Waals surface area contributed by atoms with E-state index in [9.17, 15) is 0 Å². The Hall–Kier alpha value is -0.663.